The van der Waals surface area contributed by atoms with Crippen molar-refractivity contribution in [1.82, 2.24) is 10.1 Å². The Morgan fingerprint density at radius 3 is 3.00 bits per heavy atom. The Bertz CT molecular complexity index is 530. The smallest absolute Gasteiger partial charge is 0.226 e. The molecule has 0 bridgehead atoms. The summed E-state index contributed by atoms with van der Waals surface area (Å²) in [6.07, 6.45) is 1.85. The molecule has 18 heavy (non-hydrogen) atoms. The van der Waals surface area contributed by atoms with Crippen LogP contribution < -0.4 is 5.73 Å². The first-order chi connectivity index (χ1) is 8.69. The highest BCUT2D eigenvalue weighted by atomic mass is 79.9. The molecule has 2 N–H and O–H groups in total. The van der Waals surface area contributed by atoms with Crippen LogP contribution in [0.4, 0.5) is 5.69 Å². The van der Waals surface area contributed by atoms with Gasteiger partial charge in [-0.15, -0.1) is 11.8 Å². The van der Waals surface area contributed by atoms with Crippen LogP contribution in [-0.4, -0.2) is 10.1 Å². The van der Waals surface area contributed by atoms with Crippen LogP contribution >= 0.6 is 27.7 Å². The van der Waals surface area contributed by atoms with E-state index in [1.54, 1.807) is 11.8 Å². The first-order valence-electron chi connectivity index (χ1n) is 5.68. The lowest BCUT2D eigenvalue weighted by Crippen LogP contribution is -1.88. The number of nitrogen functional groups attached to an aromatic ring is 1. The van der Waals surface area contributed by atoms with Crippen LogP contribution in [0, 0.1) is 0 Å². The number of thioether (sulfide) groups is 1. The Kier molecular flexibility index (Phi) is 4.66. The number of rotatable bonds is 5. The van der Waals surface area contributed by atoms with Gasteiger partial charge in [-0.1, -0.05) is 12.1 Å². The molecule has 0 spiro atoms. The largest absolute Gasteiger partial charge is 0.399 e. The molecule has 0 amide bonds. The maximum absolute atomic E-state index is 5.69. The number of halogens is 1. The zero-order valence-electron chi connectivity index (χ0n) is 10.0. The predicted molar refractivity (Wildman–Crippen MR) is 76.4 cm³/mol. The van der Waals surface area contributed by atoms with Crippen LogP contribution in [0.2, 0.25) is 0 Å². The average Bonchev–Trinajstić information content (AvgIpc) is 2.76. The maximum Gasteiger partial charge on any atom is 0.226 e. The fraction of sp³-hybridized carbons (Fsp3) is 0.333. The second-order valence-electron chi connectivity index (χ2n) is 3.83. The van der Waals surface area contributed by atoms with Gasteiger partial charge in [0.25, 0.3) is 0 Å². The lowest BCUT2D eigenvalue weighted by atomic mass is 10.3. The molecule has 0 aliphatic rings. The summed E-state index contributed by atoms with van der Waals surface area (Å²) >= 11 is 5.14. The van der Waals surface area contributed by atoms with Crippen molar-refractivity contribution in [3.8, 4) is 0 Å². The van der Waals surface area contributed by atoms with E-state index in [-0.39, 0.29) is 0 Å². The van der Waals surface area contributed by atoms with Crippen LogP contribution in [0.3, 0.4) is 0 Å². The van der Waals surface area contributed by atoms with Crippen LogP contribution in [0.5, 0.6) is 0 Å². The summed E-state index contributed by atoms with van der Waals surface area (Å²) in [5, 5.41) is 3.95. The van der Waals surface area contributed by atoms with Gasteiger partial charge in [0.05, 0.1) is 5.75 Å². The molecule has 0 saturated heterocycles. The van der Waals surface area contributed by atoms with E-state index in [9.17, 15) is 0 Å². The molecule has 0 aliphatic heterocycles. The Hall–Kier alpha value is -1.01. The molecular formula is C12H14BrN3OS. The van der Waals surface area contributed by atoms with E-state index in [0.29, 0.717) is 11.6 Å². The minimum absolute atomic E-state index is 0.690. The van der Waals surface area contributed by atoms with Crippen molar-refractivity contribution in [2.24, 2.45) is 0 Å². The third-order valence-corrected chi connectivity index (χ3v) is 4.27. The zero-order chi connectivity index (χ0) is 13.0. The van der Waals surface area contributed by atoms with Gasteiger partial charge in [0.15, 0.2) is 5.82 Å². The van der Waals surface area contributed by atoms with Gasteiger partial charge in [-0.25, -0.2) is 0 Å². The molecule has 0 radical (unpaired) electrons. The second kappa shape index (κ2) is 6.24. The van der Waals surface area contributed by atoms with Gasteiger partial charge in [0, 0.05) is 21.5 Å². The second-order valence-corrected chi connectivity index (χ2v) is 5.70. The quantitative estimate of drug-likeness (QED) is 0.670. The normalized spacial score (nSPS) is 10.8. The van der Waals surface area contributed by atoms with E-state index in [1.807, 2.05) is 18.2 Å². The molecule has 1 heterocycles. The van der Waals surface area contributed by atoms with E-state index < -0.39 is 0 Å². The van der Waals surface area contributed by atoms with Crippen molar-refractivity contribution in [1.29, 1.82) is 0 Å². The van der Waals surface area contributed by atoms with Gasteiger partial charge in [-0.2, -0.15) is 4.98 Å². The highest BCUT2D eigenvalue weighted by Gasteiger charge is 2.07. The topological polar surface area (TPSA) is 64.9 Å². The number of anilines is 1. The standard InChI is InChI=1S/C12H14BrN3OS/c1-2-3-12-15-11(16-17-12)7-18-10-5-4-8(14)6-9(10)13/h4-6H,2-3,7,14H2,1H3. The van der Waals surface area contributed by atoms with E-state index >= 15 is 0 Å². The number of benzene rings is 1. The Morgan fingerprint density at radius 2 is 2.28 bits per heavy atom. The lowest BCUT2D eigenvalue weighted by molar-refractivity contribution is 0.373. The number of aryl methyl sites for hydroxylation is 1. The van der Waals surface area contributed by atoms with Crippen LogP contribution in [-0.2, 0) is 12.2 Å². The number of hydrogen-bond acceptors (Lipinski definition) is 5. The molecule has 0 aliphatic carbocycles. The highest BCUT2D eigenvalue weighted by Crippen LogP contribution is 2.30. The van der Waals surface area contributed by atoms with Crippen molar-refractivity contribution in [2.45, 2.75) is 30.4 Å². The fourth-order valence-corrected chi connectivity index (χ4v) is 2.94. The summed E-state index contributed by atoms with van der Waals surface area (Å²) in [7, 11) is 0. The van der Waals surface area contributed by atoms with Gasteiger partial charge >= 0.3 is 0 Å². The van der Waals surface area contributed by atoms with Gasteiger partial charge in [-0.3, -0.25) is 0 Å². The zero-order valence-corrected chi connectivity index (χ0v) is 12.4. The molecule has 0 unspecified atom stereocenters. The molecule has 0 atom stereocenters. The molecule has 2 aromatic rings. The Morgan fingerprint density at radius 1 is 1.44 bits per heavy atom. The van der Waals surface area contributed by atoms with E-state index in [0.717, 1.165) is 33.7 Å². The number of nitrogens with two attached hydrogens (primary N) is 1. The first kappa shape index (κ1) is 13.4. The predicted octanol–water partition coefficient (Wildman–Crippen LogP) is 3.66. The molecule has 1 aromatic carbocycles. The van der Waals surface area contributed by atoms with Crippen molar-refractivity contribution in [3.05, 3.63) is 34.4 Å². The lowest BCUT2D eigenvalue weighted by Gasteiger charge is -2.02. The molecular weight excluding hydrogens is 314 g/mol. The van der Waals surface area contributed by atoms with Gasteiger partial charge in [-0.05, 0) is 40.5 Å². The minimum Gasteiger partial charge on any atom is -0.399 e. The third kappa shape index (κ3) is 3.49. The van der Waals surface area contributed by atoms with Gasteiger partial charge in [0.1, 0.15) is 0 Å². The number of aromatic nitrogens is 2. The highest BCUT2D eigenvalue weighted by molar-refractivity contribution is 9.10. The van der Waals surface area contributed by atoms with E-state index in [2.05, 4.69) is 33.0 Å². The third-order valence-electron chi connectivity index (χ3n) is 2.29. The molecule has 1 aromatic heterocycles. The summed E-state index contributed by atoms with van der Waals surface area (Å²) in [4.78, 5) is 5.44. The van der Waals surface area contributed by atoms with Crippen molar-refractivity contribution in [3.63, 3.8) is 0 Å². The minimum atomic E-state index is 0.690. The van der Waals surface area contributed by atoms with E-state index in [1.165, 1.54) is 0 Å². The molecule has 0 fully saturated rings. The summed E-state index contributed by atoms with van der Waals surface area (Å²) in [6.45, 7) is 2.09. The summed E-state index contributed by atoms with van der Waals surface area (Å²) < 4.78 is 6.13. The number of nitrogens with zero attached hydrogens (tertiary/aromatic N) is 2. The van der Waals surface area contributed by atoms with Crippen molar-refractivity contribution in [2.75, 3.05) is 5.73 Å². The molecule has 4 nitrogen and oxygen atoms in total. The summed E-state index contributed by atoms with van der Waals surface area (Å²) in [5.74, 6) is 2.13. The molecule has 6 heteroatoms. The van der Waals surface area contributed by atoms with Crippen molar-refractivity contribution >= 4 is 33.4 Å². The molecule has 0 saturated carbocycles. The summed E-state index contributed by atoms with van der Waals surface area (Å²) in [5.41, 5.74) is 6.44. The van der Waals surface area contributed by atoms with Gasteiger partial charge in [0.2, 0.25) is 5.89 Å². The molecule has 2 rings (SSSR count). The Labute approximate surface area is 118 Å². The first-order valence-corrected chi connectivity index (χ1v) is 7.46. The average molecular weight is 328 g/mol. The fourth-order valence-electron chi connectivity index (χ4n) is 1.44. The van der Waals surface area contributed by atoms with Crippen LogP contribution in [0.15, 0.2) is 32.1 Å². The number of hydrogen-bond donors (Lipinski definition) is 1. The molecule has 96 valence electrons. The SMILES string of the molecule is CCCc1nc(CSc2ccc(N)cc2Br)no1. The van der Waals surface area contributed by atoms with Crippen LogP contribution in [0.25, 0.3) is 0 Å². The van der Waals surface area contributed by atoms with Gasteiger partial charge < -0.3 is 10.3 Å². The van der Waals surface area contributed by atoms with Crippen molar-refractivity contribution < 1.29 is 4.52 Å². The maximum atomic E-state index is 5.69. The summed E-state index contributed by atoms with van der Waals surface area (Å²) in [6, 6.07) is 5.75. The Balaban J connectivity index is 1.97. The monoisotopic (exact) mass is 327 g/mol. The van der Waals surface area contributed by atoms with E-state index in [4.69, 9.17) is 10.3 Å². The van der Waals surface area contributed by atoms with Crippen LogP contribution in [0.1, 0.15) is 25.1 Å².